The van der Waals surface area contributed by atoms with Gasteiger partial charge in [0.15, 0.2) is 0 Å². The van der Waals surface area contributed by atoms with Crippen LogP contribution in [0.25, 0.3) is 0 Å². The van der Waals surface area contributed by atoms with E-state index in [1.807, 2.05) is 44.2 Å². The number of nitro groups is 1. The van der Waals surface area contributed by atoms with Gasteiger partial charge in [-0.3, -0.25) is 24.0 Å². The molecule has 10 nitrogen and oxygen atoms in total. The van der Waals surface area contributed by atoms with Crippen LogP contribution in [0.15, 0.2) is 72.8 Å². The summed E-state index contributed by atoms with van der Waals surface area (Å²) in [5.41, 5.74) is 0.954. The fourth-order valence-corrected chi connectivity index (χ4v) is 5.37. The van der Waals surface area contributed by atoms with Gasteiger partial charge in [-0.1, -0.05) is 72.6 Å². The fourth-order valence-electron chi connectivity index (χ4n) is 4.21. The first-order chi connectivity index (χ1) is 19.8. The summed E-state index contributed by atoms with van der Waals surface area (Å²) in [6.07, 6.45) is 1.70. The lowest BCUT2D eigenvalue weighted by molar-refractivity contribution is -0.384. The molecule has 0 fully saturated rings. The van der Waals surface area contributed by atoms with Crippen LogP contribution in [0.1, 0.15) is 31.4 Å². The fraction of sp³-hybridized carbons (Fsp3) is 0.310. The topological polar surface area (TPSA) is 130 Å². The zero-order valence-electron chi connectivity index (χ0n) is 23.4. The Labute approximate surface area is 255 Å². The molecular weight excluding hydrogens is 603 g/mol. The molecule has 0 aliphatic carbocycles. The maximum atomic E-state index is 14.1. The summed E-state index contributed by atoms with van der Waals surface area (Å²) < 4.78 is 26.5. The van der Waals surface area contributed by atoms with Crippen molar-refractivity contribution >= 4 is 56.4 Å². The van der Waals surface area contributed by atoms with Gasteiger partial charge in [0.2, 0.25) is 21.8 Å². The van der Waals surface area contributed by atoms with Gasteiger partial charge >= 0.3 is 0 Å². The lowest BCUT2D eigenvalue weighted by atomic mass is 10.0. The molecule has 42 heavy (non-hydrogen) atoms. The van der Waals surface area contributed by atoms with Crippen molar-refractivity contribution in [2.24, 2.45) is 0 Å². The minimum absolute atomic E-state index is 0.0572. The summed E-state index contributed by atoms with van der Waals surface area (Å²) in [6, 6.07) is 17.7. The van der Waals surface area contributed by atoms with Crippen LogP contribution in [0.3, 0.4) is 0 Å². The molecule has 0 unspecified atom stereocenters. The number of hydrogen-bond acceptors (Lipinski definition) is 6. The smallest absolute Gasteiger partial charge is 0.271 e. The summed E-state index contributed by atoms with van der Waals surface area (Å²) in [4.78, 5) is 39.8. The number of nitrogens with zero attached hydrogens (tertiary/aromatic N) is 3. The quantitative estimate of drug-likeness (QED) is 0.203. The van der Waals surface area contributed by atoms with Crippen LogP contribution in [0.5, 0.6) is 0 Å². The molecule has 224 valence electrons. The van der Waals surface area contributed by atoms with Crippen LogP contribution >= 0.6 is 23.2 Å². The predicted octanol–water partition coefficient (Wildman–Crippen LogP) is 5.22. The van der Waals surface area contributed by atoms with E-state index in [-0.39, 0.29) is 35.4 Å². The van der Waals surface area contributed by atoms with Gasteiger partial charge in [0.25, 0.3) is 5.69 Å². The number of carbonyl (C=O) groups is 2. The second-order valence-corrected chi connectivity index (χ2v) is 12.6. The third-order valence-electron chi connectivity index (χ3n) is 6.62. The number of non-ortho nitro benzene ring substituents is 1. The van der Waals surface area contributed by atoms with Gasteiger partial charge in [-0.25, -0.2) is 8.42 Å². The molecule has 0 saturated heterocycles. The van der Waals surface area contributed by atoms with Crippen molar-refractivity contribution in [1.29, 1.82) is 0 Å². The Morgan fingerprint density at radius 1 is 0.976 bits per heavy atom. The van der Waals surface area contributed by atoms with E-state index >= 15 is 0 Å². The first-order valence-electron chi connectivity index (χ1n) is 13.1. The van der Waals surface area contributed by atoms with Crippen molar-refractivity contribution < 1.29 is 22.9 Å². The molecule has 13 heteroatoms. The molecule has 2 atom stereocenters. The van der Waals surface area contributed by atoms with Crippen LogP contribution in [-0.4, -0.2) is 54.9 Å². The van der Waals surface area contributed by atoms with Crippen molar-refractivity contribution in [2.45, 2.75) is 45.3 Å². The van der Waals surface area contributed by atoms with Gasteiger partial charge in [-0.2, -0.15) is 0 Å². The normalized spacial score (nSPS) is 12.7. The van der Waals surface area contributed by atoms with E-state index in [9.17, 15) is 28.1 Å². The Balaban J connectivity index is 2.10. The van der Waals surface area contributed by atoms with E-state index < -0.39 is 39.3 Å². The summed E-state index contributed by atoms with van der Waals surface area (Å²) in [7, 11) is -4.08. The van der Waals surface area contributed by atoms with E-state index in [0.717, 1.165) is 22.2 Å². The number of nitro benzene ring substituents is 1. The van der Waals surface area contributed by atoms with Gasteiger partial charge < -0.3 is 10.2 Å². The highest BCUT2D eigenvalue weighted by Gasteiger charge is 2.33. The molecule has 0 aliphatic rings. The number of sulfonamides is 1. The van der Waals surface area contributed by atoms with Crippen molar-refractivity contribution in [3.05, 3.63) is 104 Å². The van der Waals surface area contributed by atoms with E-state index in [1.165, 1.54) is 23.1 Å². The molecule has 0 bridgehead atoms. The average Bonchev–Trinajstić information content (AvgIpc) is 2.95. The third-order valence-corrected chi connectivity index (χ3v) is 8.50. The number of amides is 2. The average molecular weight is 636 g/mol. The summed E-state index contributed by atoms with van der Waals surface area (Å²) in [5, 5.41) is 14.9. The van der Waals surface area contributed by atoms with Crippen molar-refractivity contribution in [2.75, 3.05) is 17.1 Å². The van der Waals surface area contributed by atoms with Crippen LogP contribution in [-0.2, 0) is 32.6 Å². The number of rotatable bonds is 13. The monoisotopic (exact) mass is 634 g/mol. The lowest BCUT2D eigenvalue weighted by Crippen LogP contribution is -2.54. The minimum Gasteiger partial charge on any atom is -0.352 e. The first-order valence-corrected chi connectivity index (χ1v) is 15.7. The molecule has 3 aromatic rings. The maximum absolute atomic E-state index is 14.1. The number of carbonyl (C=O) groups excluding carboxylic acids is 2. The Morgan fingerprint density at radius 2 is 1.67 bits per heavy atom. The summed E-state index contributed by atoms with van der Waals surface area (Å²) in [5.74, 6) is -1.11. The highest BCUT2D eigenvalue weighted by molar-refractivity contribution is 7.92. The molecule has 3 aromatic carbocycles. The number of benzene rings is 3. The Hall–Kier alpha value is -3.67. The SMILES string of the molecule is CC[C@H](C)NC(=O)[C@H](Cc1ccccc1)N(Cc1ccc(Cl)c(Cl)c1)C(=O)CN(c1cccc([N+](=O)[O-])c1)S(C)(=O)=O. The van der Waals surface area contributed by atoms with Crippen LogP contribution < -0.4 is 9.62 Å². The Morgan fingerprint density at radius 3 is 2.26 bits per heavy atom. The largest absolute Gasteiger partial charge is 0.352 e. The second-order valence-electron chi connectivity index (χ2n) is 9.84. The number of hydrogen-bond donors (Lipinski definition) is 1. The molecular formula is C29H32Cl2N4O6S. The minimum atomic E-state index is -4.08. The lowest BCUT2D eigenvalue weighted by Gasteiger charge is -2.34. The first kappa shape index (κ1) is 32.8. The van der Waals surface area contributed by atoms with Gasteiger partial charge in [-0.15, -0.1) is 0 Å². The molecule has 0 saturated carbocycles. The van der Waals surface area contributed by atoms with Crippen LogP contribution in [0.2, 0.25) is 10.0 Å². The van der Waals surface area contributed by atoms with E-state index in [1.54, 1.807) is 18.2 Å². The number of nitrogens with one attached hydrogen (secondary N) is 1. The van der Waals surface area contributed by atoms with Crippen molar-refractivity contribution in [3.8, 4) is 0 Å². The number of anilines is 1. The molecule has 3 rings (SSSR count). The molecule has 0 spiro atoms. The van der Waals surface area contributed by atoms with Gasteiger partial charge in [0.1, 0.15) is 12.6 Å². The number of halogens is 2. The van der Waals surface area contributed by atoms with E-state index in [0.29, 0.717) is 17.0 Å². The molecule has 2 amide bonds. The Bertz CT molecular complexity index is 1540. The zero-order chi connectivity index (χ0) is 31.0. The standard InChI is InChI=1S/C29H32Cl2N4O6S/c1-4-20(2)32-29(37)27(16-21-9-6-5-7-10-21)33(18-22-13-14-25(30)26(31)15-22)28(36)19-34(42(3,40)41)23-11-8-12-24(17-23)35(38)39/h5-15,17,20,27H,4,16,18-19H2,1-3H3,(H,32,37)/t20-,27-/m0/s1. The molecule has 0 heterocycles. The molecule has 0 aliphatic heterocycles. The van der Waals surface area contributed by atoms with Gasteiger partial charge in [0.05, 0.1) is 26.9 Å². The van der Waals surface area contributed by atoms with Crippen LogP contribution in [0, 0.1) is 10.1 Å². The van der Waals surface area contributed by atoms with E-state index in [4.69, 9.17) is 23.2 Å². The molecule has 0 aromatic heterocycles. The maximum Gasteiger partial charge on any atom is 0.271 e. The molecule has 1 N–H and O–H groups in total. The highest BCUT2D eigenvalue weighted by atomic mass is 35.5. The van der Waals surface area contributed by atoms with Crippen molar-refractivity contribution in [3.63, 3.8) is 0 Å². The van der Waals surface area contributed by atoms with Crippen molar-refractivity contribution in [1.82, 2.24) is 10.2 Å². The van der Waals surface area contributed by atoms with Gasteiger partial charge in [-0.05, 0) is 42.7 Å². The summed E-state index contributed by atoms with van der Waals surface area (Å²) in [6.45, 7) is 2.96. The second kappa shape index (κ2) is 14.5. The summed E-state index contributed by atoms with van der Waals surface area (Å²) >= 11 is 12.3. The zero-order valence-corrected chi connectivity index (χ0v) is 25.7. The third kappa shape index (κ3) is 8.91. The van der Waals surface area contributed by atoms with E-state index in [2.05, 4.69) is 5.32 Å². The van der Waals surface area contributed by atoms with Crippen LogP contribution in [0.4, 0.5) is 11.4 Å². The Kier molecular flexibility index (Phi) is 11.3. The highest BCUT2D eigenvalue weighted by Crippen LogP contribution is 2.26. The van der Waals surface area contributed by atoms with Gasteiger partial charge in [0, 0.05) is 31.1 Å². The predicted molar refractivity (Wildman–Crippen MR) is 164 cm³/mol. The molecule has 0 radical (unpaired) electrons.